The molecule has 2 aromatic rings. The zero-order valence-electron chi connectivity index (χ0n) is 16.4. The summed E-state index contributed by atoms with van der Waals surface area (Å²) >= 11 is 1.38. The lowest BCUT2D eigenvalue weighted by molar-refractivity contribution is -0.119. The molecular weight excluding hydrogens is 410 g/mol. The maximum atomic E-state index is 12.4. The number of aryl methyl sites for hydroxylation is 1. The van der Waals surface area contributed by atoms with E-state index in [1.807, 2.05) is 0 Å². The second kappa shape index (κ2) is 8.74. The number of amides is 1. The Bertz CT molecular complexity index is 997. The largest absolute Gasteiger partial charge is 0.462 e. The van der Waals surface area contributed by atoms with Crippen LogP contribution in [0.25, 0.3) is 0 Å². The summed E-state index contributed by atoms with van der Waals surface area (Å²) in [4.78, 5) is 38.2. The molecule has 1 amide bonds. The first-order valence-electron chi connectivity index (χ1n) is 9.75. The number of carbonyl (C=O) groups excluding carboxylic acids is 3. The standard InChI is InChI=1S/C21H21NO7S/c1-2-26-21(25)18-13-5-3-4-6-16(13)30-19(18)22-17(23)10-27-20(24)12-7-8-14-15(9-12)29-11-28-14/h7-9H,2-6,10-11H2,1H3,(H,22,23). The number of carbonyl (C=O) groups is 3. The van der Waals surface area contributed by atoms with Crippen LogP contribution in [0.2, 0.25) is 0 Å². The van der Waals surface area contributed by atoms with Gasteiger partial charge in [0.15, 0.2) is 18.1 Å². The Morgan fingerprint density at radius 3 is 2.70 bits per heavy atom. The first kappa shape index (κ1) is 20.2. The van der Waals surface area contributed by atoms with Crippen LogP contribution < -0.4 is 14.8 Å². The van der Waals surface area contributed by atoms with Crippen molar-refractivity contribution in [2.24, 2.45) is 0 Å². The van der Waals surface area contributed by atoms with Crippen LogP contribution in [0.4, 0.5) is 5.00 Å². The van der Waals surface area contributed by atoms with Crippen molar-refractivity contribution >= 4 is 34.2 Å². The maximum absolute atomic E-state index is 12.4. The lowest BCUT2D eigenvalue weighted by Gasteiger charge is -2.12. The summed E-state index contributed by atoms with van der Waals surface area (Å²) in [5, 5.41) is 3.16. The monoisotopic (exact) mass is 431 g/mol. The van der Waals surface area contributed by atoms with Crippen LogP contribution in [0, 0.1) is 0 Å². The molecule has 1 aromatic heterocycles. The Labute approximate surface area is 177 Å². The molecule has 2 heterocycles. The molecule has 2 aliphatic rings. The number of benzene rings is 1. The van der Waals surface area contributed by atoms with Crippen molar-refractivity contribution in [1.82, 2.24) is 0 Å². The zero-order valence-corrected chi connectivity index (χ0v) is 17.3. The van der Waals surface area contributed by atoms with Gasteiger partial charge in [0.1, 0.15) is 5.00 Å². The van der Waals surface area contributed by atoms with E-state index in [9.17, 15) is 14.4 Å². The molecule has 1 aromatic carbocycles. The summed E-state index contributed by atoms with van der Waals surface area (Å²) in [6.07, 6.45) is 3.71. The average Bonchev–Trinajstić information content (AvgIpc) is 3.35. The van der Waals surface area contributed by atoms with E-state index in [0.29, 0.717) is 22.1 Å². The van der Waals surface area contributed by atoms with Crippen molar-refractivity contribution in [1.29, 1.82) is 0 Å². The van der Waals surface area contributed by atoms with Gasteiger partial charge in [0.2, 0.25) is 6.79 Å². The number of esters is 2. The number of fused-ring (bicyclic) bond motifs is 2. The highest BCUT2D eigenvalue weighted by Crippen LogP contribution is 2.38. The average molecular weight is 431 g/mol. The molecule has 1 aliphatic heterocycles. The van der Waals surface area contributed by atoms with Gasteiger partial charge in [0.05, 0.1) is 17.7 Å². The van der Waals surface area contributed by atoms with Gasteiger partial charge in [-0.2, -0.15) is 0 Å². The maximum Gasteiger partial charge on any atom is 0.341 e. The van der Waals surface area contributed by atoms with Crippen molar-refractivity contribution in [2.45, 2.75) is 32.6 Å². The second-order valence-electron chi connectivity index (χ2n) is 6.83. The van der Waals surface area contributed by atoms with E-state index in [2.05, 4.69) is 5.32 Å². The zero-order chi connectivity index (χ0) is 21.1. The third kappa shape index (κ3) is 4.11. The number of hydrogen-bond acceptors (Lipinski definition) is 8. The van der Waals surface area contributed by atoms with Gasteiger partial charge in [-0.3, -0.25) is 4.79 Å². The van der Waals surface area contributed by atoms with E-state index in [-0.39, 0.29) is 19.0 Å². The van der Waals surface area contributed by atoms with Crippen molar-refractivity contribution in [2.75, 3.05) is 25.3 Å². The minimum absolute atomic E-state index is 0.101. The van der Waals surface area contributed by atoms with Gasteiger partial charge in [0.25, 0.3) is 5.91 Å². The van der Waals surface area contributed by atoms with Gasteiger partial charge in [-0.05, 0) is 56.4 Å². The summed E-state index contributed by atoms with van der Waals surface area (Å²) in [7, 11) is 0. The number of rotatable bonds is 6. The SMILES string of the molecule is CCOC(=O)c1c(NC(=O)COC(=O)c2ccc3c(c2)OCO3)sc2c1CCCC2. The van der Waals surface area contributed by atoms with Gasteiger partial charge in [-0.25, -0.2) is 9.59 Å². The molecule has 0 fully saturated rings. The summed E-state index contributed by atoms with van der Waals surface area (Å²) in [6, 6.07) is 4.66. The predicted molar refractivity (Wildman–Crippen MR) is 108 cm³/mol. The highest BCUT2D eigenvalue weighted by molar-refractivity contribution is 7.17. The molecule has 0 spiro atoms. The fourth-order valence-electron chi connectivity index (χ4n) is 3.47. The van der Waals surface area contributed by atoms with Crippen molar-refractivity contribution < 1.29 is 33.3 Å². The van der Waals surface area contributed by atoms with Gasteiger partial charge < -0.3 is 24.3 Å². The number of ether oxygens (including phenoxy) is 4. The molecule has 4 rings (SSSR count). The number of thiophene rings is 1. The quantitative estimate of drug-likeness (QED) is 0.700. The molecule has 30 heavy (non-hydrogen) atoms. The second-order valence-corrected chi connectivity index (χ2v) is 7.93. The van der Waals surface area contributed by atoms with Gasteiger partial charge in [-0.15, -0.1) is 11.3 Å². The molecule has 158 valence electrons. The topological polar surface area (TPSA) is 100 Å². The molecule has 0 atom stereocenters. The van der Waals surface area contributed by atoms with E-state index in [1.165, 1.54) is 17.4 Å². The van der Waals surface area contributed by atoms with E-state index >= 15 is 0 Å². The molecule has 8 nitrogen and oxygen atoms in total. The molecule has 0 bridgehead atoms. The van der Waals surface area contributed by atoms with Crippen LogP contribution in [0.3, 0.4) is 0 Å². The molecule has 0 saturated heterocycles. The van der Waals surface area contributed by atoms with E-state index < -0.39 is 24.5 Å². The highest BCUT2D eigenvalue weighted by Gasteiger charge is 2.27. The molecule has 0 radical (unpaired) electrons. The van der Waals surface area contributed by atoms with Crippen molar-refractivity contribution in [3.8, 4) is 11.5 Å². The molecule has 0 unspecified atom stereocenters. The van der Waals surface area contributed by atoms with Crippen molar-refractivity contribution in [3.05, 3.63) is 39.8 Å². The summed E-state index contributed by atoms with van der Waals surface area (Å²) in [5.74, 6) is -0.605. The first-order chi connectivity index (χ1) is 14.6. The van der Waals surface area contributed by atoms with E-state index in [1.54, 1.807) is 19.1 Å². The van der Waals surface area contributed by atoms with Crippen molar-refractivity contribution in [3.63, 3.8) is 0 Å². The van der Waals surface area contributed by atoms with E-state index in [0.717, 1.165) is 36.1 Å². The summed E-state index contributed by atoms with van der Waals surface area (Å²) < 4.78 is 20.7. The number of anilines is 1. The molecule has 0 saturated carbocycles. The molecular formula is C21H21NO7S. The molecule has 1 aliphatic carbocycles. The fourth-order valence-corrected chi connectivity index (χ4v) is 4.77. The molecule has 1 N–H and O–H groups in total. The lowest BCUT2D eigenvalue weighted by atomic mass is 9.95. The summed E-state index contributed by atoms with van der Waals surface area (Å²) in [5.41, 5.74) is 1.63. The highest BCUT2D eigenvalue weighted by atomic mass is 32.1. The first-order valence-corrected chi connectivity index (χ1v) is 10.6. The Hall–Kier alpha value is -3.07. The minimum Gasteiger partial charge on any atom is -0.462 e. The van der Waals surface area contributed by atoms with Gasteiger partial charge in [-0.1, -0.05) is 0 Å². The third-order valence-corrected chi connectivity index (χ3v) is 6.05. The smallest absolute Gasteiger partial charge is 0.341 e. The lowest BCUT2D eigenvalue weighted by Crippen LogP contribution is -2.22. The Morgan fingerprint density at radius 2 is 1.87 bits per heavy atom. The Kier molecular flexibility index (Phi) is 5.89. The number of nitrogens with one attached hydrogen (secondary N) is 1. The van der Waals surface area contributed by atoms with Gasteiger partial charge in [0, 0.05) is 4.88 Å². The minimum atomic E-state index is -0.653. The predicted octanol–water partition coefficient (Wildman–Crippen LogP) is 3.33. The van der Waals surface area contributed by atoms with Crippen LogP contribution in [-0.2, 0) is 27.1 Å². The molecule has 9 heteroatoms. The van der Waals surface area contributed by atoms with Crippen LogP contribution in [0.5, 0.6) is 11.5 Å². The van der Waals surface area contributed by atoms with Crippen LogP contribution in [0.15, 0.2) is 18.2 Å². The summed E-state index contributed by atoms with van der Waals surface area (Å²) in [6.45, 7) is 1.62. The third-order valence-electron chi connectivity index (χ3n) is 4.85. The van der Waals surface area contributed by atoms with Gasteiger partial charge >= 0.3 is 11.9 Å². The van der Waals surface area contributed by atoms with Crippen LogP contribution in [-0.4, -0.2) is 37.9 Å². The number of hydrogen-bond donors (Lipinski definition) is 1. The van der Waals surface area contributed by atoms with E-state index in [4.69, 9.17) is 18.9 Å². The van der Waals surface area contributed by atoms with Crippen LogP contribution >= 0.6 is 11.3 Å². The normalized spacial score (nSPS) is 14.0. The Morgan fingerprint density at radius 1 is 1.07 bits per heavy atom. The Balaban J connectivity index is 1.42. The fraction of sp³-hybridized carbons (Fsp3) is 0.381. The van der Waals surface area contributed by atoms with Crippen LogP contribution in [0.1, 0.15) is 50.9 Å².